The first-order chi connectivity index (χ1) is 36.7. The van der Waals surface area contributed by atoms with Crippen molar-refractivity contribution >= 4 is 75.6 Å². The number of nitrogens with one attached hydrogen (secondary N) is 6. The van der Waals surface area contributed by atoms with E-state index >= 15 is 0 Å². The molecule has 4 rings (SSSR count). The normalized spacial score (nSPS) is 15.4. The molecular formula is C49H68N14O15. The summed E-state index contributed by atoms with van der Waals surface area (Å²) in [7, 11) is 1.45. The third-order valence-corrected chi connectivity index (χ3v) is 12.5. The van der Waals surface area contributed by atoms with E-state index in [0.29, 0.717) is 29.2 Å². The Hall–Kier alpha value is -8.76. The van der Waals surface area contributed by atoms with E-state index in [1.807, 2.05) is 0 Å². The number of nitro groups is 2. The molecule has 1 fully saturated rings. The zero-order chi connectivity index (χ0) is 58.1. The number of hydrogen-bond acceptors (Lipinski definition) is 17. The van der Waals surface area contributed by atoms with Crippen LogP contribution in [0.15, 0.2) is 56.7 Å². The molecular weight excluding hydrogens is 1020 g/mol. The maximum atomic E-state index is 14.2. The monoisotopic (exact) mass is 1090 g/mol. The van der Waals surface area contributed by atoms with E-state index in [4.69, 9.17) is 32.1 Å². The molecule has 1 aliphatic heterocycles. The van der Waals surface area contributed by atoms with Crippen molar-refractivity contribution in [3.05, 3.63) is 84.2 Å². The van der Waals surface area contributed by atoms with Gasteiger partial charge >= 0.3 is 5.63 Å². The predicted octanol–water partition coefficient (Wildman–Crippen LogP) is -0.957. The molecule has 7 atom stereocenters. The van der Waals surface area contributed by atoms with Gasteiger partial charge in [-0.05, 0) is 81.0 Å². The molecule has 0 bridgehead atoms. The van der Waals surface area contributed by atoms with Gasteiger partial charge in [0.15, 0.2) is 5.96 Å². The number of rotatable bonds is 28. The molecule has 3 aromatic rings. The molecule has 0 radical (unpaired) electrons. The first kappa shape index (κ1) is 61.8. The average Bonchev–Trinajstić information content (AvgIpc) is 3.90. The van der Waals surface area contributed by atoms with E-state index in [-0.39, 0.29) is 75.0 Å². The number of ether oxygens (including phenoxy) is 1. The Morgan fingerprint density at radius 1 is 0.808 bits per heavy atom. The molecule has 2 heterocycles. The topological polar surface area (TPSA) is 454 Å². The molecule has 29 nitrogen and oxygen atoms in total. The van der Waals surface area contributed by atoms with Crippen molar-refractivity contribution in [3.8, 4) is 5.75 Å². The van der Waals surface area contributed by atoms with Crippen LogP contribution in [0.25, 0.3) is 11.0 Å². The van der Waals surface area contributed by atoms with Gasteiger partial charge in [0.1, 0.15) is 47.6 Å². The van der Waals surface area contributed by atoms with Gasteiger partial charge in [0.25, 0.3) is 11.4 Å². The lowest BCUT2D eigenvalue weighted by atomic mass is 9.95. The highest BCUT2D eigenvalue weighted by molar-refractivity contribution is 5.96. The molecule has 29 heteroatoms. The molecule has 2 aromatic carbocycles. The minimum Gasteiger partial charge on any atom is -0.497 e. The van der Waals surface area contributed by atoms with E-state index in [0.717, 1.165) is 12.1 Å². The fraction of sp³-hybridized carbons (Fsp3) is 0.510. The number of primary amides is 1. The second-order valence-electron chi connectivity index (χ2n) is 19.4. The largest absolute Gasteiger partial charge is 0.497 e. The van der Waals surface area contributed by atoms with Gasteiger partial charge < -0.3 is 68.9 Å². The van der Waals surface area contributed by atoms with Crippen molar-refractivity contribution < 1.29 is 57.4 Å². The van der Waals surface area contributed by atoms with Crippen LogP contribution in [-0.2, 0) is 44.8 Å². The number of nitro benzene ring substituents is 2. The third-order valence-electron chi connectivity index (χ3n) is 12.5. The minimum absolute atomic E-state index is 0.00829. The van der Waals surface area contributed by atoms with Crippen LogP contribution in [0.4, 0.5) is 11.4 Å². The highest BCUT2D eigenvalue weighted by Gasteiger charge is 2.39. The van der Waals surface area contributed by atoms with Gasteiger partial charge in [-0.3, -0.25) is 63.6 Å². The summed E-state index contributed by atoms with van der Waals surface area (Å²) in [4.78, 5) is 148. The second-order valence-corrected chi connectivity index (χ2v) is 19.4. The summed E-state index contributed by atoms with van der Waals surface area (Å²) in [5.41, 5.74) is 20.3. The Morgan fingerprint density at radius 2 is 1.47 bits per heavy atom. The number of carbonyl (C=O) groups excluding carboxylic acids is 8. The summed E-state index contributed by atoms with van der Waals surface area (Å²) in [5.74, 6) is -7.02. The number of hydrogen-bond donors (Lipinski definition) is 10. The lowest BCUT2D eigenvalue weighted by Crippen LogP contribution is -2.58. The quantitative estimate of drug-likeness (QED) is 0.0105. The fourth-order valence-electron chi connectivity index (χ4n) is 8.59. The molecule has 1 aromatic heterocycles. The van der Waals surface area contributed by atoms with Crippen molar-refractivity contribution in [2.24, 2.45) is 39.8 Å². The molecule has 78 heavy (non-hydrogen) atoms. The zero-order valence-electron chi connectivity index (χ0n) is 44.0. The molecule has 14 N–H and O–H groups in total. The van der Waals surface area contributed by atoms with Crippen LogP contribution in [0.1, 0.15) is 90.3 Å². The lowest BCUT2D eigenvalue weighted by Gasteiger charge is -2.29. The van der Waals surface area contributed by atoms with Crippen LogP contribution in [0.2, 0.25) is 0 Å². The van der Waals surface area contributed by atoms with E-state index in [1.165, 1.54) is 31.1 Å². The Kier molecular flexibility index (Phi) is 22.5. The van der Waals surface area contributed by atoms with E-state index in [9.17, 15) is 63.4 Å². The maximum Gasteiger partial charge on any atom is 0.336 e. The number of guanidine groups is 1. The molecule has 7 unspecified atom stereocenters. The van der Waals surface area contributed by atoms with Crippen LogP contribution >= 0.6 is 0 Å². The summed E-state index contributed by atoms with van der Waals surface area (Å²) in [5, 5.41) is 39.4. The number of nitrogens with zero attached hydrogens (tertiary/aromatic N) is 4. The molecule has 0 saturated carbocycles. The number of amides is 8. The van der Waals surface area contributed by atoms with Crippen LogP contribution < -0.4 is 65.2 Å². The van der Waals surface area contributed by atoms with Crippen LogP contribution in [0.3, 0.4) is 0 Å². The summed E-state index contributed by atoms with van der Waals surface area (Å²) >= 11 is 0. The summed E-state index contributed by atoms with van der Waals surface area (Å²) in [6.45, 7) is 7.81. The molecule has 1 saturated heterocycles. The van der Waals surface area contributed by atoms with Crippen molar-refractivity contribution in [2.45, 2.75) is 122 Å². The van der Waals surface area contributed by atoms with Crippen LogP contribution in [-0.4, -0.2) is 131 Å². The fourth-order valence-corrected chi connectivity index (χ4v) is 8.59. The predicted molar refractivity (Wildman–Crippen MR) is 281 cm³/mol. The SMILES string of the molecule is COc1ccc2c(CC(=O)N3CCCC3C(=O)NC(CC(C)C)C(=O)NCC(=O)NC(CC(C)C)C(=O)NC(c3ccc([N+](=O)[O-])cc3[N+](=O)[O-])C(N)C(=O)NC(C)C(=O)NC(CCCN=C(N)N)C(N)=O)cc(=O)oc2c1. The third kappa shape index (κ3) is 17.7. The Bertz CT molecular complexity index is 2830. The lowest BCUT2D eigenvalue weighted by molar-refractivity contribution is -0.394. The first-order valence-electron chi connectivity index (χ1n) is 24.9. The summed E-state index contributed by atoms with van der Waals surface area (Å²) < 4.78 is 10.5. The van der Waals surface area contributed by atoms with Gasteiger partial charge in [-0.25, -0.2) is 4.79 Å². The average molecular weight is 1090 g/mol. The molecule has 8 amide bonds. The van der Waals surface area contributed by atoms with Gasteiger partial charge in [-0.1, -0.05) is 27.7 Å². The number of fused-ring (bicyclic) bond motifs is 1. The standard InChI is InChI=1S/C49H68N14O15/c1-24(2)17-33(59-47(71)35-10-8-16-61(35)39(65)19-27-20-40(66)78-37-22-29(77-6)12-14-30(27)37)45(69)55-23-38(64)57-34(18-25(3)4)46(70)60-42(31-13-11-28(62(73)74)21-36(31)63(75)76)41(50)48(72)56-26(5)44(68)58-32(43(51)67)9-7-15-54-49(52)53/h11-14,20-22,24-26,32-35,41-42H,7-10,15-19,23,50H2,1-6H3,(H2,51,67)(H,55,69)(H,56,72)(H,57,64)(H,58,68)(H,59,71)(H,60,70)(H4,52,53,54). The smallest absolute Gasteiger partial charge is 0.336 e. The Balaban J connectivity index is 1.49. The van der Waals surface area contributed by atoms with Crippen molar-refractivity contribution in [2.75, 3.05) is 26.7 Å². The number of aliphatic imine (C=N–C) groups is 1. The van der Waals surface area contributed by atoms with Crippen LogP contribution in [0, 0.1) is 32.1 Å². The highest BCUT2D eigenvalue weighted by Crippen LogP contribution is 2.32. The van der Waals surface area contributed by atoms with Crippen molar-refractivity contribution in [3.63, 3.8) is 0 Å². The zero-order valence-corrected chi connectivity index (χ0v) is 44.0. The number of non-ortho nitro benzene ring substituents is 1. The minimum atomic E-state index is -1.97. The van der Waals surface area contributed by atoms with E-state index < -0.39 is 129 Å². The number of likely N-dealkylation sites (tertiary alicyclic amines) is 1. The van der Waals surface area contributed by atoms with Crippen molar-refractivity contribution in [1.29, 1.82) is 0 Å². The van der Waals surface area contributed by atoms with Gasteiger partial charge in [0.05, 0.1) is 47.6 Å². The van der Waals surface area contributed by atoms with Crippen LogP contribution in [0.5, 0.6) is 5.75 Å². The van der Waals surface area contributed by atoms with E-state index in [2.05, 4.69) is 36.9 Å². The molecule has 0 aliphatic carbocycles. The number of carbonyl (C=O) groups is 8. The second kappa shape index (κ2) is 28.4. The summed E-state index contributed by atoms with van der Waals surface area (Å²) in [6, 6.07) is -1.70. The van der Waals surface area contributed by atoms with Crippen molar-refractivity contribution in [1.82, 2.24) is 36.8 Å². The maximum absolute atomic E-state index is 14.2. The molecule has 1 aliphatic rings. The Morgan fingerprint density at radius 3 is 2.08 bits per heavy atom. The Labute approximate surface area is 447 Å². The van der Waals surface area contributed by atoms with E-state index in [1.54, 1.807) is 39.8 Å². The van der Waals surface area contributed by atoms with Gasteiger partial charge in [-0.15, -0.1) is 0 Å². The number of nitrogens with two attached hydrogens (primary N) is 4. The van der Waals surface area contributed by atoms with Gasteiger partial charge in [-0.2, -0.15) is 0 Å². The molecule has 0 spiro atoms. The summed E-state index contributed by atoms with van der Waals surface area (Å²) in [6.07, 6.45) is 0.769. The number of benzene rings is 2. The van der Waals surface area contributed by atoms with Gasteiger partial charge in [0.2, 0.25) is 47.3 Å². The number of methoxy groups -OCH3 is 1. The highest BCUT2D eigenvalue weighted by atomic mass is 16.6. The first-order valence-corrected chi connectivity index (χ1v) is 24.9. The van der Waals surface area contributed by atoms with Gasteiger partial charge in [0, 0.05) is 36.7 Å². The molecule has 424 valence electrons.